The lowest BCUT2D eigenvalue weighted by atomic mass is 10.3. The second-order valence-corrected chi connectivity index (χ2v) is 3.37. The standard InChI is InChI=1S/C10H11FS/c1-2-3-8-12-10-7-5-4-6-9(10)11/h2-7H,8H2,1H3/b3-2+. The van der Waals surface area contributed by atoms with Gasteiger partial charge in [-0.1, -0.05) is 24.3 Å². The third-order valence-electron chi connectivity index (χ3n) is 1.41. The summed E-state index contributed by atoms with van der Waals surface area (Å²) in [6, 6.07) is 6.83. The van der Waals surface area contributed by atoms with Crippen LogP contribution in [0.2, 0.25) is 0 Å². The maximum Gasteiger partial charge on any atom is 0.136 e. The molecule has 1 aromatic rings. The van der Waals surface area contributed by atoms with Gasteiger partial charge in [-0.15, -0.1) is 11.8 Å². The summed E-state index contributed by atoms with van der Waals surface area (Å²) in [5.41, 5.74) is 0. The van der Waals surface area contributed by atoms with Gasteiger partial charge in [0.25, 0.3) is 0 Å². The zero-order chi connectivity index (χ0) is 8.81. The van der Waals surface area contributed by atoms with E-state index in [0.717, 1.165) is 10.6 Å². The molecule has 1 rings (SSSR count). The molecule has 0 aromatic heterocycles. The second kappa shape index (κ2) is 4.99. The molecule has 0 saturated carbocycles. The summed E-state index contributed by atoms with van der Waals surface area (Å²) in [6.45, 7) is 1.96. The normalized spacial score (nSPS) is 10.8. The van der Waals surface area contributed by atoms with E-state index in [1.807, 2.05) is 25.1 Å². The summed E-state index contributed by atoms with van der Waals surface area (Å²) < 4.78 is 13.0. The molecule has 0 aliphatic rings. The summed E-state index contributed by atoms with van der Waals surface area (Å²) >= 11 is 1.51. The molecule has 0 fully saturated rings. The molecule has 0 radical (unpaired) electrons. The zero-order valence-corrected chi connectivity index (χ0v) is 7.77. The number of hydrogen-bond donors (Lipinski definition) is 0. The molecule has 0 unspecified atom stereocenters. The van der Waals surface area contributed by atoms with Crippen LogP contribution in [0.15, 0.2) is 41.3 Å². The third kappa shape index (κ3) is 2.70. The smallest absolute Gasteiger partial charge is 0.136 e. The van der Waals surface area contributed by atoms with E-state index in [-0.39, 0.29) is 5.82 Å². The lowest BCUT2D eigenvalue weighted by Crippen LogP contribution is -1.79. The molecular weight excluding hydrogens is 171 g/mol. The van der Waals surface area contributed by atoms with Gasteiger partial charge in [0.1, 0.15) is 5.82 Å². The van der Waals surface area contributed by atoms with E-state index in [4.69, 9.17) is 0 Å². The van der Waals surface area contributed by atoms with Gasteiger partial charge in [-0.2, -0.15) is 0 Å². The summed E-state index contributed by atoms with van der Waals surface area (Å²) in [6.07, 6.45) is 3.98. The highest BCUT2D eigenvalue weighted by molar-refractivity contribution is 7.99. The molecule has 0 bridgehead atoms. The highest BCUT2D eigenvalue weighted by Gasteiger charge is 1.97. The van der Waals surface area contributed by atoms with E-state index >= 15 is 0 Å². The molecule has 0 heterocycles. The molecule has 0 atom stereocenters. The van der Waals surface area contributed by atoms with Crippen LogP contribution in [0, 0.1) is 5.82 Å². The van der Waals surface area contributed by atoms with E-state index < -0.39 is 0 Å². The van der Waals surface area contributed by atoms with Gasteiger partial charge in [0, 0.05) is 10.6 Å². The van der Waals surface area contributed by atoms with Gasteiger partial charge in [0.15, 0.2) is 0 Å². The van der Waals surface area contributed by atoms with Crippen LogP contribution in [0.25, 0.3) is 0 Å². The summed E-state index contributed by atoms with van der Waals surface area (Å²) in [5, 5.41) is 0. The van der Waals surface area contributed by atoms with Crippen molar-refractivity contribution in [2.45, 2.75) is 11.8 Å². The predicted molar refractivity (Wildman–Crippen MR) is 51.9 cm³/mol. The van der Waals surface area contributed by atoms with Crippen molar-refractivity contribution in [1.82, 2.24) is 0 Å². The highest BCUT2D eigenvalue weighted by atomic mass is 32.2. The van der Waals surface area contributed by atoms with Gasteiger partial charge >= 0.3 is 0 Å². The molecule has 0 aliphatic heterocycles. The molecule has 12 heavy (non-hydrogen) atoms. The Balaban J connectivity index is 2.57. The van der Waals surface area contributed by atoms with E-state index in [9.17, 15) is 4.39 Å². The minimum absolute atomic E-state index is 0.132. The average Bonchev–Trinajstić information content (AvgIpc) is 2.09. The topological polar surface area (TPSA) is 0 Å². The number of benzene rings is 1. The molecule has 0 N–H and O–H groups in total. The number of thioether (sulfide) groups is 1. The Labute approximate surface area is 76.5 Å². The van der Waals surface area contributed by atoms with Crippen molar-refractivity contribution in [2.24, 2.45) is 0 Å². The van der Waals surface area contributed by atoms with Crippen molar-refractivity contribution >= 4 is 11.8 Å². The van der Waals surface area contributed by atoms with Crippen LogP contribution in [0.3, 0.4) is 0 Å². The van der Waals surface area contributed by atoms with Gasteiger partial charge < -0.3 is 0 Å². The number of halogens is 1. The Morgan fingerprint density at radius 1 is 1.42 bits per heavy atom. The third-order valence-corrected chi connectivity index (χ3v) is 2.41. The van der Waals surface area contributed by atoms with Gasteiger partial charge in [-0.05, 0) is 19.1 Å². The maximum absolute atomic E-state index is 13.0. The Bertz CT molecular complexity index is 268. The second-order valence-electron chi connectivity index (χ2n) is 2.31. The Morgan fingerprint density at radius 3 is 2.83 bits per heavy atom. The molecule has 64 valence electrons. The van der Waals surface area contributed by atoms with Gasteiger partial charge in [0.2, 0.25) is 0 Å². The van der Waals surface area contributed by atoms with E-state index in [1.54, 1.807) is 12.1 Å². The fourth-order valence-corrected chi connectivity index (χ4v) is 1.64. The molecule has 0 spiro atoms. The summed E-state index contributed by atoms with van der Waals surface area (Å²) in [5.74, 6) is 0.698. The van der Waals surface area contributed by atoms with Crippen LogP contribution in [-0.2, 0) is 0 Å². The average molecular weight is 182 g/mol. The van der Waals surface area contributed by atoms with Crippen molar-refractivity contribution in [3.63, 3.8) is 0 Å². The first kappa shape index (κ1) is 9.33. The fraction of sp³-hybridized carbons (Fsp3) is 0.200. The van der Waals surface area contributed by atoms with Gasteiger partial charge in [-0.25, -0.2) is 4.39 Å². The largest absolute Gasteiger partial charge is 0.206 e. The number of allylic oxidation sites excluding steroid dienone is 1. The SMILES string of the molecule is C/C=C/CSc1ccccc1F. The first-order chi connectivity index (χ1) is 5.84. The summed E-state index contributed by atoms with van der Waals surface area (Å²) in [7, 11) is 0. The molecule has 0 amide bonds. The van der Waals surface area contributed by atoms with Crippen molar-refractivity contribution in [3.8, 4) is 0 Å². The van der Waals surface area contributed by atoms with Crippen molar-refractivity contribution in [3.05, 3.63) is 42.2 Å². The molecular formula is C10H11FS. The molecule has 0 nitrogen and oxygen atoms in total. The summed E-state index contributed by atoms with van der Waals surface area (Å²) in [4.78, 5) is 0.718. The highest BCUT2D eigenvalue weighted by Crippen LogP contribution is 2.20. The van der Waals surface area contributed by atoms with Crippen molar-refractivity contribution in [2.75, 3.05) is 5.75 Å². The van der Waals surface area contributed by atoms with Crippen molar-refractivity contribution in [1.29, 1.82) is 0 Å². The lowest BCUT2D eigenvalue weighted by Gasteiger charge is -1.98. The zero-order valence-electron chi connectivity index (χ0n) is 6.96. The van der Waals surface area contributed by atoms with Crippen LogP contribution < -0.4 is 0 Å². The lowest BCUT2D eigenvalue weighted by molar-refractivity contribution is 0.602. The molecule has 0 saturated heterocycles. The Hall–Kier alpha value is -0.760. The van der Waals surface area contributed by atoms with Gasteiger partial charge in [-0.3, -0.25) is 0 Å². The quantitative estimate of drug-likeness (QED) is 0.509. The van der Waals surface area contributed by atoms with Crippen LogP contribution in [0.5, 0.6) is 0 Å². The van der Waals surface area contributed by atoms with Crippen LogP contribution in [0.4, 0.5) is 4.39 Å². The molecule has 2 heteroatoms. The molecule has 1 aromatic carbocycles. The predicted octanol–water partition coefficient (Wildman–Crippen LogP) is 3.49. The van der Waals surface area contributed by atoms with Gasteiger partial charge in [0.05, 0.1) is 0 Å². The Morgan fingerprint density at radius 2 is 2.17 bits per heavy atom. The minimum atomic E-state index is -0.132. The first-order valence-electron chi connectivity index (χ1n) is 3.83. The monoisotopic (exact) mass is 182 g/mol. The Kier molecular flexibility index (Phi) is 3.88. The van der Waals surface area contributed by atoms with E-state index in [0.29, 0.717) is 0 Å². The molecule has 0 aliphatic carbocycles. The van der Waals surface area contributed by atoms with Crippen molar-refractivity contribution < 1.29 is 4.39 Å². The van der Waals surface area contributed by atoms with Crippen LogP contribution in [0.1, 0.15) is 6.92 Å². The van der Waals surface area contributed by atoms with Crippen LogP contribution >= 0.6 is 11.8 Å². The first-order valence-corrected chi connectivity index (χ1v) is 4.81. The van der Waals surface area contributed by atoms with E-state index in [2.05, 4.69) is 0 Å². The fourth-order valence-electron chi connectivity index (χ4n) is 0.796. The minimum Gasteiger partial charge on any atom is -0.206 e. The number of hydrogen-bond acceptors (Lipinski definition) is 1. The van der Waals surface area contributed by atoms with Crippen LogP contribution in [-0.4, -0.2) is 5.75 Å². The number of rotatable bonds is 3. The maximum atomic E-state index is 13.0. The van der Waals surface area contributed by atoms with E-state index in [1.165, 1.54) is 17.8 Å².